The summed E-state index contributed by atoms with van der Waals surface area (Å²) in [5.41, 5.74) is 12.5. The fourth-order valence-electron chi connectivity index (χ4n) is 4.19. The summed E-state index contributed by atoms with van der Waals surface area (Å²) >= 11 is 0. The van der Waals surface area contributed by atoms with Gasteiger partial charge in [-0.15, -0.1) is 0 Å². The summed E-state index contributed by atoms with van der Waals surface area (Å²) in [6, 6.07) is 10.2. The van der Waals surface area contributed by atoms with Crippen LogP contribution in [0, 0.1) is 0 Å². The van der Waals surface area contributed by atoms with Gasteiger partial charge in [-0.1, -0.05) is 0 Å². The van der Waals surface area contributed by atoms with Gasteiger partial charge in [-0.3, -0.25) is 4.98 Å². The summed E-state index contributed by atoms with van der Waals surface area (Å²) in [7, 11) is 7.85. The van der Waals surface area contributed by atoms with Crippen LogP contribution in [-0.4, -0.2) is 64.8 Å². The summed E-state index contributed by atoms with van der Waals surface area (Å²) in [4.78, 5) is 18.2. The Morgan fingerprint density at radius 2 is 1.97 bits per heavy atom. The zero-order valence-electron chi connectivity index (χ0n) is 19.3. The number of aryl methyl sites for hydroxylation is 1. The Morgan fingerprint density at radius 3 is 2.73 bits per heavy atom. The number of pyridine rings is 1. The smallest absolute Gasteiger partial charge is 0.227 e. The van der Waals surface area contributed by atoms with E-state index in [0.717, 1.165) is 46.8 Å². The highest BCUT2D eigenvalue weighted by atomic mass is 16.5. The number of methoxy groups -OCH3 is 1. The van der Waals surface area contributed by atoms with Crippen molar-refractivity contribution >= 4 is 34.0 Å². The number of aromatic nitrogens is 4. The number of rotatable bonds is 6. The lowest BCUT2D eigenvalue weighted by molar-refractivity contribution is 0.247. The van der Waals surface area contributed by atoms with Crippen LogP contribution in [0.5, 0.6) is 5.75 Å². The number of hydrogen-bond acceptors (Lipinski definition) is 8. The van der Waals surface area contributed by atoms with Crippen molar-refractivity contribution in [3.63, 3.8) is 0 Å². The summed E-state index contributed by atoms with van der Waals surface area (Å²) in [5.74, 6) is 1.15. The van der Waals surface area contributed by atoms with E-state index in [1.54, 1.807) is 19.5 Å². The molecule has 1 saturated heterocycles. The first-order chi connectivity index (χ1) is 15.9. The molecule has 3 N–H and O–H groups in total. The van der Waals surface area contributed by atoms with Crippen LogP contribution in [0.2, 0.25) is 0 Å². The van der Waals surface area contributed by atoms with Gasteiger partial charge in [0, 0.05) is 56.4 Å². The molecule has 0 aliphatic carbocycles. The van der Waals surface area contributed by atoms with E-state index in [1.807, 2.05) is 48.1 Å². The number of ether oxygens (including phenoxy) is 1. The molecule has 1 aliphatic rings. The van der Waals surface area contributed by atoms with Crippen molar-refractivity contribution in [1.29, 1.82) is 0 Å². The quantitative estimate of drug-likeness (QED) is 0.438. The molecular formula is C24H28N8O. The number of likely N-dealkylation sites (N-methyl/N-ethyl adjacent to an activating group) is 1. The minimum atomic E-state index is 0.461. The Bertz CT molecular complexity index is 1310. The summed E-state index contributed by atoms with van der Waals surface area (Å²) in [6.45, 7) is 1.88. The molecule has 1 fully saturated rings. The normalized spacial score (nSPS) is 14.0. The Morgan fingerprint density at radius 1 is 1.15 bits per heavy atom. The maximum absolute atomic E-state index is 6.41. The molecule has 1 aromatic carbocycles. The molecule has 9 heteroatoms. The Labute approximate surface area is 192 Å². The molecule has 170 valence electrons. The molecule has 3 aromatic heterocycles. The molecule has 4 aromatic rings. The van der Waals surface area contributed by atoms with E-state index >= 15 is 0 Å². The number of anilines is 4. The average Bonchev–Trinajstić information content (AvgIpc) is 3.11. The largest absolute Gasteiger partial charge is 0.494 e. The van der Waals surface area contributed by atoms with Crippen molar-refractivity contribution in [2.75, 3.05) is 50.2 Å². The van der Waals surface area contributed by atoms with Crippen LogP contribution in [0.15, 0.2) is 48.9 Å². The number of benzene rings is 1. The van der Waals surface area contributed by atoms with Crippen LogP contribution >= 0.6 is 0 Å². The Hall–Kier alpha value is -3.85. The fraction of sp³-hybridized carbons (Fsp3) is 0.292. The van der Waals surface area contributed by atoms with Gasteiger partial charge >= 0.3 is 0 Å². The van der Waals surface area contributed by atoms with Gasteiger partial charge in [0.15, 0.2) is 0 Å². The molecule has 0 amide bonds. The monoisotopic (exact) mass is 444 g/mol. The summed E-state index contributed by atoms with van der Waals surface area (Å²) in [6.07, 6.45) is 5.56. The van der Waals surface area contributed by atoms with E-state index in [-0.39, 0.29) is 0 Å². The van der Waals surface area contributed by atoms with Crippen LogP contribution in [0.4, 0.5) is 23.0 Å². The molecule has 0 spiro atoms. The van der Waals surface area contributed by atoms with Crippen molar-refractivity contribution < 1.29 is 4.74 Å². The second kappa shape index (κ2) is 8.25. The highest BCUT2D eigenvalue weighted by Gasteiger charge is 2.30. The number of nitrogens with zero attached hydrogens (tertiary/aromatic N) is 6. The van der Waals surface area contributed by atoms with E-state index in [4.69, 9.17) is 15.5 Å². The summed E-state index contributed by atoms with van der Waals surface area (Å²) < 4.78 is 7.71. The van der Waals surface area contributed by atoms with E-state index in [9.17, 15) is 0 Å². The SMILES string of the molecule is COc1cc(N2CC(N(C)C)C2)c(N)cc1Nc1nccc(-c2cn(C)c3cccnc23)n1. The highest BCUT2D eigenvalue weighted by Crippen LogP contribution is 2.38. The van der Waals surface area contributed by atoms with E-state index in [2.05, 4.69) is 39.2 Å². The number of nitrogens with one attached hydrogen (secondary N) is 1. The lowest BCUT2D eigenvalue weighted by atomic mass is 10.1. The van der Waals surface area contributed by atoms with Gasteiger partial charge in [-0.05, 0) is 38.4 Å². The lowest BCUT2D eigenvalue weighted by Gasteiger charge is -2.44. The minimum absolute atomic E-state index is 0.461. The zero-order valence-corrected chi connectivity index (χ0v) is 19.3. The third kappa shape index (κ3) is 3.80. The highest BCUT2D eigenvalue weighted by molar-refractivity contribution is 5.92. The predicted octanol–water partition coefficient (Wildman–Crippen LogP) is 3.11. The molecule has 1 aliphatic heterocycles. The lowest BCUT2D eigenvalue weighted by Crippen LogP contribution is -2.57. The van der Waals surface area contributed by atoms with Gasteiger partial charge < -0.3 is 30.2 Å². The topological polar surface area (TPSA) is 97.4 Å². The average molecular weight is 445 g/mol. The third-order valence-electron chi connectivity index (χ3n) is 6.20. The Balaban J connectivity index is 1.43. The van der Waals surface area contributed by atoms with Crippen molar-refractivity contribution in [3.05, 3.63) is 48.9 Å². The third-order valence-corrected chi connectivity index (χ3v) is 6.20. The molecule has 5 rings (SSSR count). The second-order valence-corrected chi connectivity index (χ2v) is 8.55. The number of nitrogens with two attached hydrogens (primary N) is 1. The van der Waals surface area contributed by atoms with Crippen molar-refractivity contribution in [2.24, 2.45) is 7.05 Å². The van der Waals surface area contributed by atoms with Gasteiger partial charge in [-0.25, -0.2) is 9.97 Å². The molecule has 4 heterocycles. The molecule has 0 saturated carbocycles. The van der Waals surface area contributed by atoms with E-state index < -0.39 is 0 Å². The number of hydrogen-bond donors (Lipinski definition) is 2. The van der Waals surface area contributed by atoms with Crippen LogP contribution in [0.25, 0.3) is 22.3 Å². The van der Waals surface area contributed by atoms with Crippen LogP contribution in [0.1, 0.15) is 0 Å². The molecule has 9 nitrogen and oxygen atoms in total. The van der Waals surface area contributed by atoms with E-state index in [0.29, 0.717) is 23.4 Å². The first-order valence-electron chi connectivity index (χ1n) is 10.8. The summed E-state index contributed by atoms with van der Waals surface area (Å²) in [5, 5.41) is 3.28. The number of nitrogen functional groups attached to an aromatic ring is 1. The van der Waals surface area contributed by atoms with Gasteiger partial charge in [0.05, 0.1) is 40.9 Å². The van der Waals surface area contributed by atoms with Crippen LogP contribution in [0.3, 0.4) is 0 Å². The van der Waals surface area contributed by atoms with Crippen LogP contribution in [-0.2, 0) is 7.05 Å². The maximum atomic E-state index is 6.41. The number of fused-ring (bicyclic) bond motifs is 1. The minimum Gasteiger partial charge on any atom is -0.494 e. The molecule has 0 radical (unpaired) electrons. The molecule has 0 atom stereocenters. The second-order valence-electron chi connectivity index (χ2n) is 8.55. The van der Waals surface area contributed by atoms with Crippen molar-refractivity contribution in [2.45, 2.75) is 6.04 Å². The van der Waals surface area contributed by atoms with Gasteiger partial charge in [0.25, 0.3) is 0 Å². The van der Waals surface area contributed by atoms with Gasteiger partial charge in [0.2, 0.25) is 5.95 Å². The fourth-order valence-corrected chi connectivity index (χ4v) is 4.19. The Kier molecular flexibility index (Phi) is 5.26. The first kappa shape index (κ1) is 21.0. The zero-order chi connectivity index (χ0) is 23.1. The van der Waals surface area contributed by atoms with Crippen molar-refractivity contribution in [1.82, 2.24) is 24.4 Å². The van der Waals surface area contributed by atoms with Crippen molar-refractivity contribution in [3.8, 4) is 17.0 Å². The molecule has 0 unspecified atom stereocenters. The predicted molar refractivity (Wildman–Crippen MR) is 132 cm³/mol. The molecular weight excluding hydrogens is 416 g/mol. The van der Waals surface area contributed by atoms with E-state index in [1.165, 1.54) is 0 Å². The first-order valence-corrected chi connectivity index (χ1v) is 10.8. The van der Waals surface area contributed by atoms with Gasteiger partial charge in [-0.2, -0.15) is 0 Å². The molecule has 0 bridgehead atoms. The maximum Gasteiger partial charge on any atom is 0.227 e. The van der Waals surface area contributed by atoms with Crippen LogP contribution < -0.4 is 20.7 Å². The van der Waals surface area contributed by atoms with Gasteiger partial charge in [0.1, 0.15) is 5.75 Å². The molecule has 33 heavy (non-hydrogen) atoms. The standard InChI is InChI=1S/C24H28N8O/c1-30(2)15-12-32(13-15)21-11-22(33-4)19(10-17(21)25)29-24-27-9-7-18(28-24)16-14-31(3)20-6-5-8-26-23(16)20/h5-11,14-15H,12-13,25H2,1-4H3,(H,27,28,29).